The number of aliphatic hydroxyl groups is 1. The van der Waals surface area contributed by atoms with Crippen LogP contribution in [0, 0.1) is 5.92 Å². The molecular formula is C10H22N2O. The zero-order valence-electron chi connectivity index (χ0n) is 8.79. The van der Waals surface area contributed by atoms with Crippen LogP contribution >= 0.6 is 0 Å². The average molecular weight is 186 g/mol. The normalized spacial score (nSPS) is 28.4. The van der Waals surface area contributed by atoms with Crippen molar-refractivity contribution >= 4 is 0 Å². The van der Waals surface area contributed by atoms with Gasteiger partial charge in [-0.05, 0) is 18.9 Å². The van der Waals surface area contributed by atoms with Gasteiger partial charge < -0.3 is 10.4 Å². The standard InChI is InChI=1S/C10H22N2O/c1-3-10(13)8-12-5-4-11-6-9(2)7-12/h9-11,13H,3-8H2,1-2H3. The molecule has 1 heterocycles. The summed E-state index contributed by atoms with van der Waals surface area (Å²) in [5.41, 5.74) is 0. The molecule has 0 saturated carbocycles. The summed E-state index contributed by atoms with van der Waals surface area (Å²) in [6.45, 7) is 9.47. The monoisotopic (exact) mass is 186 g/mol. The van der Waals surface area contributed by atoms with E-state index in [1.54, 1.807) is 0 Å². The van der Waals surface area contributed by atoms with Crippen molar-refractivity contribution < 1.29 is 5.11 Å². The first-order valence-electron chi connectivity index (χ1n) is 5.33. The summed E-state index contributed by atoms with van der Waals surface area (Å²) < 4.78 is 0. The summed E-state index contributed by atoms with van der Waals surface area (Å²) in [5, 5.41) is 12.9. The third-order valence-electron chi connectivity index (χ3n) is 2.61. The first-order chi connectivity index (χ1) is 6.22. The van der Waals surface area contributed by atoms with Gasteiger partial charge in [0.1, 0.15) is 0 Å². The molecule has 1 fully saturated rings. The summed E-state index contributed by atoms with van der Waals surface area (Å²) in [5.74, 6) is 0.701. The fraction of sp³-hybridized carbons (Fsp3) is 1.00. The van der Waals surface area contributed by atoms with E-state index in [2.05, 4.69) is 17.1 Å². The van der Waals surface area contributed by atoms with Gasteiger partial charge in [-0.1, -0.05) is 13.8 Å². The lowest BCUT2D eigenvalue weighted by Gasteiger charge is -2.24. The number of hydrogen-bond acceptors (Lipinski definition) is 3. The Hall–Kier alpha value is -0.120. The fourth-order valence-corrected chi connectivity index (χ4v) is 1.78. The van der Waals surface area contributed by atoms with Gasteiger partial charge in [0.2, 0.25) is 0 Å². The number of aliphatic hydroxyl groups excluding tert-OH is 1. The molecule has 13 heavy (non-hydrogen) atoms. The largest absolute Gasteiger partial charge is 0.392 e. The van der Waals surface area contributed by atoms with Gasteiger partial charge in [0.15, 0.2) is 0 Å². The van der Waals surface area contributed by atoms with E-state index in [1.807, 2.05) is 6.92 Å². The topological polar surface area (TPSA) is 35.5 Å². The predicted molar refractivity (Wildman–Crippen MR) is 54.8 cm³/mol. The summed E-state index contributed by atoms with van der Waals surface area (Å²) >= 11 is 0. The highest BCUT2D eigenvalue weighted by Gasteiger charge is 2.15. The molecule has 0 aromatic heterocycles. The van der Waals surface area contributed by atoms with Gasteiger partial charge in [0, 0.05) is 26.2 Å². The van der Waals surface area contributed by atoms with Crippen LogP contribution in [-0.2, 0) is 0 Å². The van der Waals surface area contributed by atoms with E-state index >= 15 is 0 Å². The fourth-order valence-electron chi connectivity index (χ4n) is 1.78. The minimum atomic E-state index is -0.148. The lowest BCUT2D eigenvalue weighted by Crippen LogP contribution is -2.36. The van der Waals surface area contributed by atoms with Crippen molar-refractivity contribution in [3.63, 3.8) is 0 Å². The molecule has 0 aliphatic carbocycles. The number of nitrogens with one attached hydrogen (secondary N) is 1. The van der Waals surface area contributed by atoms with Gasteiger partial charge in [-0.2, -0.15) is 0 Å². The van der Waals surface area contributed by atoms with E-state index in [0.29, 0.717) is 5.92 Å². The van der Waals surface area contributed by atoms with E-state index in [-0.39, 0.29) is 6.10 Å². The van der Waals surface area contributed by atoms with E-state index in [9.17, 15) is 5.11 Å². The Morgan fingerprint density at radius 1 is 1.62 bits per heavy atom. The first kappa shape index (κ1) is 11.0. The Morgan fingerprint density at radius 2 is 2.38 bits per heavy atom. The van der Waals surface area contributed by atoms with Crippen molar-refractivity contribution in [3.05, 3.63) is 0 Å². The van der Waals surface area contributed by atoms with Crippen molar-refractivity contribution in [2.45, 2.75) is 26.4 Å². The molecule has 3 heteroatoms. The summed E-state index contributed by atoms with van der Waals surface area (Å²) in [4.78, 5) is 2.36. The molecule has 2 atom stereocenters. The smallest absolute Gasteiger partial charge is 0.0664 e. The van der Waals surface area contributed by atoms with Gasteiger partial charge >= 0.3 is 0 Å². The van der Waals surface area contributed by atoms with Crippen LogP contribution in [0.1, 0.15) is 20.3 Å². The van der Waals surface area contributed by atoms with Gasteiger partial charge in [0.25, 0.3) is 0 Å². The zero-order chi connectivity index (χ0) is 9.68. The predicted octanol–water partition coefficient (Wildman–Crippen LogP) is 0.299. The maximum absolute atomic E-state index is 9.53. The lowest BCUT2D eigenvalue weighted by atomic mass is 10.1. The average Bonchev–Trinajstić information content (AvgIpc) is 2.30. The van der Waals surface area contributed by atoms with Gasteiger partial charge in [0.05, 0.1) is 6.10 Å². The Bertz CT molecular complexity index is 141. The van der Waals surface area contributed by atoms with Crippen molar-refractivity contribution in [1.82, 2.24) is 10.2 Å². The molecular weight excluding hydrogens is 164 g/mol. The van der Waals surface area contributed by atoms with Crippen LogP contribution in [0.3, 0.4) is 0 Å². The third-order valence-corrected chi connectivity index (χ3v) is 2.61. The molecule has 1 rings (SSSR count). The maximum Gasteiger partial charge on any atom is 0.0664 e. The Morgan fingerprint density at radius 3 is 3.08 bits per heavy atom. The van der Waals surface area contributed by atoms with Crippen molar-refractivity contribution in [1.29, 1.82) is 0 Å². The number of β-amino-alcohol motifs (C(OH)–C–C–N with tert-alkyl or cyclic N) is 1. The molecule has 0 bridgehead atoms. The second kappa shape index (κ2) is 5.58. The minimum absolute atomic E-state index is 0.148. The quantitative estimate of drug-likeness (QED) is 0.665. The van der Waals surface area contributed by atoms with Crippen LogP contribution in [0.4, 0.5) is 0 Å². The molecule has 1 saturated heterocycles. The molecule has 0 amide bonds. The van der Waals surface area contributed by atoms with Gasteiger partial charge in [-0.3, -0.25) is 4.90 Å². The van der Waals surface area contributed by atoms with Crippen LogP contribution in [0.15, 0.2) is 0 Å². The van der Waals surface area contributed by atoms with Crippen molar-refractivity contribution in [2.24, 2.45) is 5.92 Å². The summed E-state index contributed by atoms with van der Waals surface area (Å²) in [6, 6.07) is 0. The second-order valence-electron chi connectivity index (χ2n) is 4.13. The molecule has 0 aromatic rings. The van der Waals surface area contributed by atoms with Crippen molar-refractivity contribution in [2.75, 3.05) is 32.7 Å². The molecule has 0 spiro atoms. The molecule has 2 N–H and O–H groups in total. The molecule has 1 aliphatic heterocycles. The number of hydrogen-bond donors (Lipinski definition) is 2. The SMILES string of the molecule is CCC(O)CN1CCNCC(C)C1. The zero-order valence-corrected chi connectivity index (χ0v) is 8.79. The molecule has 0 aromatic carbocycles. The minimum Gasteiger partial charge on any atom is -0.392 e. The Kier molecular flexibility index (Phi) is 4.70. The summed E-state index contributed by atoms with van der Waals surface area (Å²) in [7, 11) is 0. The second-order valence-corrected chi connectivity index (χ2v) is 4.13. The van der Waals surface area contributed by atoms with E-state index in [0.717, 1.165) is 39.1 Å². The number of nitrogens with zero attached hydrogens (tertiary/aromatic N) is 1. The third kappa shape index (κ3) is 4.07. The van der Waals surface area contributed by atoms with Crippen LogP contribution in [-0.4, -0.2) is 48.8 Å². The lowest BCUT2D eigenvalue weighted by molar-refractivity contribution is 0.107. The van der Waals surface area contributed by atoms with E-state index < -0.39 is 0 Å². The van der Waals surface area contributed by atoms with Crippen LogP contribution < -0.4 is 5.32 Å². The molecule has 78 valence electrons. The number of rotatable bonds is 3. The molecule has 0 radical (unpaired) electrons. The van der Waals surface area contributed by atoms with Crippen LogP contribution in [0.5, 0.6) is 0 Å². The van der Waals surface area contributed by atoms with E-state index in [4.69, 9.17) is 0 Å². The van der Waals surface area contributed by atoms with Crippen LogP contribution in [0.2, 0.25) is 0 Å². The molecule has 3 nitrogen and oxygen atoms in total. The van der Waals surface area contributed by atoms with E-state index in [1.165, 1.54) is 0 Å². The highest BCUT2D eigenvalue weighted by atomic mass is 16.3. The van der Waals surface area contributed by atoms with Crippen molar-refractivity contribution in [3.8, 4) is 0 Å². The Balaban J connectivity index is 2.30. The highest BCUT2D eigenvalue weighted by Crippen LogP contribution is 2.04. The van der Waals surface area contributed by atoms with Gasteiger partial charge in [-0.25, -0.2) is 0 Å². The molecule has 1 aliphatic rings. The first-order valence-corrected chi connectivity index (χ1v) is 5.33. The van der Waals surface area contributed by atoms with Gasteiger partial charge in [-0.15, -0.1) is 0 Å². The summed E-state index contributed by atoms with van der Waals surface area (Å²) in [6.07, 6.45) is 0.712. The van der Waals surface area contributed by atoms with Crippen LogP contribution in [0.25, 0.3) is 0 Å². The molecule has 2 unspecified atom stereocenters. The highest BCUT2D eigenvalue weighted by molar-refractivity contribution is 4.72. The Labute approximate surface area is 81.1 Å². The maximum atomic E-state index is 9.53.